The van der Waals surface area contributed by atoms with Crippen molar-refractivity contribution in [2.24, 2.45) is 0 Å². The van der Waals surface area contributed by atoms with Gasteiger partial charge in [0.2, 0.25) is 0 Å². The Morgan fingerprint density at radius 1 is 0.885 bits per heavy atom. The van der Waals surface area contributed by atoms with Crippen molar-refractivity contribution in [1.82, 2.24) is 4.90 Å². The minimum absolute atomic E-state index is 0.284. The minimum atomic E-state index is 0.284. The average Bonchev–Trinajstić information content (AvgIpc) is 2.84. The third kappa shape index (κ3) is 3.42. The second kappa shape index (κ2) is 7.43. The van der Waals surface area contributed by atoms with Gasteiger partial charge in [-0.15, -0.1) is 0 Å². The van der Waals surface area contributed by atoms with Crippen LogP contribution in [0.3, 0.4) is 0 Å². The van der Waals surface area contributed by atoms with E-state index >= 15 is 0 Å². The van der Waals surface area contributed by atoms with E-state index in [1.165, 1.54) is 27.8 Å². The number of piperidine rings is 1. The summed E-state index contributed by atoms with van der Waals surface area (Å²) in [6.07, 6.45) is 7.31. The molecule has 4 rings (SSSR count). The fourth-order valence-corrected chi connectivity index (χ4v) is 4.06. The quantitative estimate of drug-likeness (QED) is 0.663. The number of Topliss-reactive ketones (excluding diaryl/α,β-unsaturated/α-hetero) is 1. The number of benzene rings is 2. The third-order valence-corrected chi connectivity index (χ3v) is 5.50. The Morgan fingerprint density at radius 3 is 1.96 bits per heavy atom. The summed E-state index contributed by atoms with van der Waals surface area (Å²) in [7, 11) is 0. The van der Waals surface area contributed by atoms with Crippen LogP contribution in [-0.4, -0.2) is 30.3 Å². The molecular formula is C24H25NO. The highest BCUT2D eigenvalue weighted by molar-refractivity contribution is 5.94. The summed E-state index contributed by atoms with van der Waals surface area (Å²) >= 11 is 0. The lowest BCUT2D eigenvalue weighted by Crippen LogP contribution is -2.32. The van der Waals surface area contributed by atoms with Crippen LogP contribution in [0.15, 0.2) is 54.1 Å². The topological polar surface area (TPSA) is 20.3 Å². The fourth-order valence-electron chi connectivity index (χ4n) is 4.06. The van der Waals surface area contributed by atoms with E-state index in [0.717, 1.165) is 32.5 Å². The molecular weight excluding hydrogens is 318 g/mol. The Labute approximate surface area is 155 Å². The Hall–Kier alpha value is -2.45. The SMILES string of the molecule is CC(=O)CCN1CCC(=C2c3ccccc3C=Cc3ccccc32)CC1. The maximum Gasteiger partial charge on any atom is 0.131 e. The number of hydrogen-bond acceptors (Lipinski definition) is 2. The third-order valence-electron chi connectivity index (χ3n) is 5.50. The zero-order valence-corrected chi connectivity index (χ0v) is 15.4. The number of fused-ring (bicyclic) bond motifs is 2. The number of hydrogen-bond donors (Lipinski definition) is 0. The molecule has 132 valence electrons. The van der Waals surface area contributed by atoms with E-state index < -0.39 is 0 Å². The monoisotopic (exact) mass is 343 g/mol. The van der Waals surface area contributed by atoms with Gasteiger partial charge in [0.25, 0.3) is 0 Å². The van der Waals surface area contributed by atoms with Gasteiger partial charge in [0.1, 0.15) is 5.78 Å². The van der Waals surface area contributed by atoms with Crippen LogP contribution in [0, 0.1) is 0 Å². The van der Waals surface area contributed by atoms with E-state index in [1.54, 1.807) is 12.5 Å². The molecule has 1 aliphatic heterocycles. The smallest absolute Gasteiger partial charge is 0.131 e. The van der Waals surface area contributed by atoms with Gasteiger partial charge in [0.05, 0.1) is 0 Å². The Kier molecular flexibility index (Phi) is 4.85. The van der Waals surface area contributed by atoms with Crippen molar-refractivity contribution in [1.29, 1.82) is 0 Å². The Bertz CT molecular complexity index is 829. The molecule has 0 amide bonds. The largest absolute Gasteiger partial charge is 0.302 e. The van der Waals surface area contributed by atoms with Gasteiger partial charge in [-0.05, 0) is 47.6 Å². The molecule has 2 nitrogen and oxygen atoms in total. The van der Waals surface area contributed by atoms with E-state index in [4.69, 9.17) is 0 Å². The summed E-state index contributed by atoms with van der Waals surface area (Å²) in [6, 6.07) is 17.4. The molecule has 1 heterocycles. The van der Waals surface area contributed by atoms with Crippen LogP contribution in [0.1, 0.15) is 48.4 Å². The molecule has 0 spiro atoms. The summed E-state index contributed by atoms with van der Waals surface area (Å²) in [5.74, 6) is 0.284. The molecule has 1 aliphatic carbocycles. The molecule has 0 bridgehead atoms. The van der Waals surface area contributed by atoms with Gasteiger partial charge in [0.15, 0.2) is 0 Å². The van der Waals surface area contributed by atoms with Gasteiger partial charge in [-0.1, -0.05) is 66.3 Å². The van der Waals surface area contributed by atoms with Crippen molar-refractivity contribution in [3.63, 3.8) is 0 Å². The molecule has 0 atom stereocenters. The Balaban J connectivity index is 1.71. The van der Waals surface area contributed by atoms with E-state index in [9.17, 15) is 4.79 Å². The van der Waals surface area contributed by atoms with Gasteiger partial charge in [-0.2, -0.15) is 0 Å². The van der Waals surface area contributed by atoms with Crippen molar-refractivity contribution in [2.75, 3.05) is 19.6 Å². The van der Waals surface area contributed by atoms with E-state index in [-0.39, 0.29) is 5.78 Å². The molecule has 1 fully saturated rings. The first kappa shape index (κ1) is 17.0. The van der Waals surface area contributed by atoms with Crippen LogP contribution in [0.2, 0.25) is 0 Å². The van der Waals surface area contributed by atoms with Gasteiger partial charge in [-0.25, -0.2) is 0 Å². The van der Waals surface area contributed by atoms with E-state index in [0.29, 0.717) is 6.42 Å². The first-order chi connectivity index (χ1) is 12.7. The standard InChI is InChI=1S/C24H25NO/c1-18(26)12-15-25-16-13-21(14-17-25)24-22-8-4-2-6-19(22)10-11-20-7-3-5-9-23(20)24/h2-11H,12-17H2,1H3. The van der Waals surface area contributed by atoms with Crippen molar-refractivity contribution in [2.45, 2.75) is 26.2 Å². The Morgan fingerprint density at radius 2 is 1.42 bits per heavy atom. The maximum atomic E-state index is 11.3. The summed E-state index contributed by atoms with van der Waals surface area (Å²) in [6.45, 7) is 4.67. The van der Waals surface area contributed by atoms with Crippen molar-refractivity contribution in [3.05, 3.63) is 76.4 Å². The number of carbonyl (C=O) groups excluding carboxylic acids is 1. The van der Waals surface area contributed by atoms with Crippen molar-refractivity contribution in [3.8, 4) is 0 Å². The van der Waals surface area contributed by atoms with E-state index in [2.05, 4.69) is 65.6 Å². The summed E-state index contributed by atoms with van der Waals surface area (Å²) < 4.78 is 0. The van der Waals surface area contributed by atoms with E-state index in [1.807, 2.05) is 0 Å². The van der Waals surface area contributed by atoms with Crippen LogP contribution >= 0.6 is 0 Å². The first-order valence-electron chi connectivity index (χ1n) is 9.53. The zero-order chi connectivity index (χ0) is 17.9. The van der Waals surface area contributed by atoms with Crippen molar-refractivity contribution < 1.29 is 4.79 Å². The molecule has 1 saturated heterocycles. The molecule has 0 radical (unpaired) electrons. The lowest BCUT2D eigenvalue weighted by Gasteiger charge is -2.30. The predicted molar refractivity (Wildman–Crippen MR) is 109 cm³/mol. The molecule has 2 aromatic carbocycles. The second-order valence-electron chi connectivity index (χ2n) is 7.28. The normalized spacial score (nSPS) is 16.8. The number of carbonyl (C=O) groups is 1. The van der Waals surface area contributed by atoms with Crippen LogP contribution < -0.4 is 0 Å². The predicted octanol–water partition coefficient (Wildman–Crippen LogP) is 5.05. The summed E-state index contributed by atoms with van der Waals surface area (Å²) in [5.41, 5.74) is 8.26. The number of likely N-dealkylation sites (tertiary alicyclic amines) is 1. The second-order valence-corrected chi connectivity index (χ2v) is 7.28. The fraction of sp³-hybridized carbons (Fsp3) is 0.292. The number of nitrogens with zero attached hydrogens (tertiary/aromatic N) is 1. The molecule has 2 aromatic rings. The molecule has 2 aliphatic rings. The van der Waals surface area contributed by atoms with Crippen molar-refractivity contribution >= 4 is 23.5 Å². The minimum Gasteiger partial charge on any atom is -0.302 e. The molecule has 2 heteroatoms. The number of rotatable bonds is 3. The van der Waals surface area contributed by atoms with Gasteiger partial charge in [0, 0.05) is 26.1 Å². The lowest BCUT2D eigenvalue weighted by molar-refractivity contribution is -0.117. The zero-order valence-electron chi connectivity index (χ0n) is 15.4. The summed E-state index contributed by atoms with van der Waals surface area (Å²) in [4.78, 5) is 13.7. The molecule has 0 aromatic heterocycles. The highest BCUT2D eigenvalue weighted by atomic mass is 16.1. The first-order valence-corrected chi connectivity index (χ1v) is 9.53. The van der Waals surface area contributed by atoms with Gasteiger partial charge >= 0.3 is 0 Å². The molecule has 0 N–H and O–H groups in total. The molecule has 0 saturated carbocycles. The summed E-state index contributed by atoms with van der Waals surface area (Å²) in [5, 5.41) is 0. The highest BCUT2D eigenvalue weighted by Gasteiger charge is 2.22. The van der Waals surface area contributed by atoms with Gasteiger partial charge < -0.3 is 4.90 Å². The average molecular weight is 343 g/mol. The highest BCUT2D eigenvalue weighted by Crippen LogP contribution is 2.38. The van der Waals surface area contributed by atoms with Gasteiger partial charge in [-0.3, -0.25) is 4.79 Å². The molecule has 26 heavy (non-hydrogen) atoms. The lowest BCUT2D eigenvalue weighted by atomic mass is 9.86. The van der Waals surface area contributed by atoms with Crippen LogP contribution in [0.5, 0.6) is 0 Å². The number of ketones is 1. The maximum absolute atomic E-state index is 11.3. The van der Waals surface area contributed by atoms with Crippen LogP contribution in [0.4, 0.5) is 0 Å². The molecule has 0 unspecified atom stereocenters. The van der Waals surface area contributed by atoms with Crippen LogP contribution in [0.25, 0.3) is 17.7 Å². The van der Waals surface area contributed by atoms with Crippen LogP contribution in [-0.2, 0) is 4.79 Å².